The third-order valence-electron chi connectivity index (χ3n) is 3.05. The molecule has 1 N–H and O–H groups in total. The number of hydrogen-bond donors (Lipinski definition) is 1. The lowest BCUT2D eigenvalue weighted by molar-refractivity contribution is 0.311. The minimum atomic E-state index is 0.608. The van der Waals surface area contributed by atoms with Crippen LogP contribution in [0.15, 0.2) is 48.5 Å². The van der Waals surface area contributed by atoms with Crippen molar-refractivity contribution in [3.05, 3.63) is 54.1 Å². The van der Waals surface area contributed by atoms with Crippen LogP contribution in [0.1, 0.15) is 5.56 Å². The third kappa shape index (κ3) is 5.00. The van der Waals surface area contributed by atoms with E-state index in [9.17, 15) is 0 Å². The molecule has 0 bridgehead atoms. The van der Waals surface area contributed by atoms with Gasteiger partial charge in [0.05, 0.1) is 14.2 Å². The lowest BCUT2D eigenvalue weighted by Gasteiger charge is -2.09. The first-order valence-corrected chi connectivity index (χ1v) is 6.92. The van der Waals surface area contributed by atoms with E-state index in [4.69, 9.17) is 14.2 Å². The second kappa shape index (κ2) is 8.17. The van der Waals surface area contributed by atoms with Gasteiger partial charge in [-0.15, -0.1) is 0 Å². The average Bonchev–Trinajstić information content (AvgIpc) is 2.55. The maximum absolute atomic E-state index is 5.66. The molecule has 0 amide bonds. The Morgan fingerprint density at radius 2 is 1.52 bits per heavy atom. The van der Waals surface area contributed by atoms with Crippen LogP contribution in [0.4, 0.5) is 0 Å². The highest BCUT2D eigenvalue weighted by Gasteiger charge is 1.98. The van der Waals surface area contributed by atoms with Crippen molar-refractivity contribution in [3.63, 3.8) is 0 Å². The normalized spacial score (nSPS) is 10.2. The van der Waals surface area contributed by atoms with Crippen LogP contribution in [0, 0.1) is 0 Å². The van der Waals surface area contributed by atoms with Gasteiger partial charge in [-0.2, -0.15) is 0 Å². The minimum absolute atomic E-state index is 0.608. The summed E-state index contributed by atoms with van der Waals surface area (Å²) in [7, 11) is 3.32. The van der Waals surface area contributed by atoms with E-state index < -0.39 is 0 Å². The molecule has 0 saturated carbocycles. The van der Waals surface area contributed by atoms with Crippen molar-refractivity contribution in [3.8, 4) is 17.2 Å². The van der Waals surface area contributed by atoms with E-state index in [1.165, 1.54) is 5.56 Å². The maximum atomic E-state index is 5.66. The molecule has 0 unspecified atom stereocenters. The Morgan fingerprint density at radius 3 is 2.29 bits per heavy atom. The largest absolute Gasteiger partial charge is 0.497 e. The molecule has 0 atom stereocenters. The fraction of sp³-hybridized carbons (Fsp3) is 0.294. The van der Waals surface area contributed by atoms with E-state index in [1.807, 2.05) is 42.5 Å². The topological polar surface area (TPSA) is 39.7 Å². The van der Waals surface area contributed by atoms with Crippen LogP contribution in [0.5, 0.6) is 17.2 Å². The quantitative estimate of drug-likeness (QED) is 0.758. The predicted molar refractivity (Wildman–Crippen MR) is 83.2 cm³/mol. The highest BCUT2D eigenvalue weighted by Crippen LogP contribution is 2.18. The molecule has 2 aromatic carbocycles. The molecule has 4 nitrogen and oxygen atoms in total. The molecule has 0 spiro atoms. The smallest absolute Gasteiger partial charge is 0.123 e. The Morgan fingerprint density at radius 1 is 0.857 bits per heavy atom. The molecule has 2 aromatic rings. The zero-order chi connectivity index (χ0) is 14.9. The monoisotopic (exact) mass is 287 g/mol. The third-order valence-corrected chi connectivity index (χ3v) is 3.05. The lowest BCUT2D eigenvalue weighted by Crippen LogP contribution is -2.20. The van der Waals surface area contributed by atoms with Gasteiger partial charge in [0.15, 0.2) is 0 Å². The standard InChI is InChI=1S/C17H21NO3/c1-19-15-6-3-5-14(11-15)13-18-9-10-21-17-8-4-7-16(12-17)20-2/h3-8,11-12,18H,9-10,13H2,1-2H3. The number of nitrogens with one attached hydrogen (secondary N) is 1. The van der Waals surface area contributed by atoms with Gasteiger partial charge >= 0.3 is 0 Å². The Bertz CT molecular complexity index is 508. The maximum Gasteiger partial charge on any atom is 0.123 e. The fourth-order valence-corrected chi connectivity index (χ4v) is 1.95. The molecule has 0 aliphatic heterocycles. The van der Waals surface area contributed by atoms with Crippen LogP contribution in [-0.2, 0) is 6.54 Å². The SMILES string of the molecule is COc1cccc(CNCCOc2cccc(OC)c2)c1. The van der Waals surface area contributed by atoms with Crippen LogP contribution in [0.2, 0.25) is 0 Å². The number of rotatable bonds is 8. The molecule has 0 aromatic heterocycles. The van der Waals surface area contributed by atoms with Gasteiger partial charge in [-0.1, -0.05) is 18.2 Å². The lowest BCUT2D eigenvalue weighted by atomic mass is 10.2. The van der Waals surface area contributed by atoms with Crippen molar-refractivity contribution >= 4 is 0 Å². The first-order valence-electron chi connectivity index (χ1n) is 6.92. The summed E-state index contributed by atoms with van der Waals surface area (Å²) in [5, 5.41) is 3.34. The molecule has 112 valence electrons. The second-order valence-corrected chi connectivity index (χ2v) is 4.56. The van der Waals surface area contributed by atoms with Crippen molar-refractivity contribution in [1.82, 2.24) is 5.32 Å². The van der Waals surface area contributed by atoms with E-state index in [-0.39, 0.29) is 0 Å². The van der Waals surface area contributed by atoms with E-state index in [0.717, 1.165) is 30.3 Å². The Kier molecular flexibility index (Phi) is 5.91. The van der Waals surface area contributed by atoms with Gasteiger partial charge in [-0.25, -0.2) is 0 Å². The number of ether oxygens (including phenoxy) is 3. The van der Waals surface area contributed by atoms with Crippen LogP contribution in [0.25, 0.3) is 0 Å². The summed E-state index contributed by atoms with van der Waals surface area (Å²) >= 11 is 0. The zero-order valence-electron chi connectivity index (χ0n) is 12.5. The number of methoxy groups -OCH3 is 2. The summed E-state index contributed by atoms with van der Waals surface area (Å²) in [5.41, 5.74) is 1.19. The molecule has 0 heterocycles. The highest BCUT2D eigenvalue weighted by molar-refractivity contribution is 5.32. The van der Waals surface area contributed by atoms with Crippen LogP contribution in [0.3, 0.4) is 0 Å². The van der Waals surface area contributed by atoms with Gasteiger partial charge in [-0.3, -0.25) is 0 Å². The summed E-state index contributed by atoms with van der Waals surface area (Å²) in [6.07, 6.45) is 0. The number of hydrogen-bond acceptors (Lipinski definition) is 4. The second-order valence-electron chi connectivity index (χ2n) is 4.56. The zero-order valence-corrected chi connectivity index (χ0v) is 12.5. The van der Waals surface area contributed by atoms with Gasteiger partial charge in [0.25, 0.3) is 0 Å². The molecular weight excluding hydrogens is 266 g/mol. The number of benzene rings is 2. The van der Waals surface area contributed by atoms with E-state index in [2.05, 4.69) is 11.4 Å². The molecule has 4 heteroatoms. The molecule has 2 rings (SSSR count). The molecule has 0 radical (unpaired) electrons. The van der Waals surface area contributed by atoms with Gasteiger partial charge in [0.1, 0.15) is 23.9 Å². The Labute approximate surface area is 125 Å². The van der Waals surface area contributed by atoms with Gasteiger partial charge in [-0.05, 0) is 29.8 Å². The Balaban J connectivity index is 1.69. The molecule has 21 heavy (non-hydrogen) atoms. The van der Waals surface area contributed by atoms with Gasteiger partial charge in [0.2, 0.25) is 0 Å². The van der Waals surface area contributed by atoms with Crippen molar-refractivity contribution in [1.29, 1.82) is 0 Å². The molecule has 0 fully saturated rings. The summed E-state index contributed by atoms with van der Waals surface area (Å²) in [6.45, 7) is 2.17. The van der Waals surface area contributed by atoms with Crippen LogP contribution < -0.4 is 19.5 Å². The molecule has 0 aliphatic rings. The molecule has 0 saturated heterocycles. The minimum Gasteiger partial charge on any atom is -0.497 e. The summed E-state index contributed by atoms with van der Waals surface area (Å²) in [4.78, 5) is 0. The van der Waals surface area contributed by atoms with Crippen molar-refractivity contribution in [2.75, 3.05) is 27.4 Å². The van der Waals surface area contributed by atoms with Crippen molar-refractivity contribution in [2.24, 2.45) is 0 Å². The summed E-state index contributed by atoms with van der Waals surface area (Å²) in [5.74, 6) is 2.50. The Hall–Kier alpha value is -2.20. The van der Waals surface area contributed by atoms with E-state index in [1.54, 1.807) is 14.2 Å². The predicted octanol–water partition coefficient (Wildman–Crippen LogP) is 2.87. The average molecular weight is 287 g/mol. The summed E-state index contributed by atoms with van der Waals surface area (Å²) in [6, 6.07) is 15.6. The first kappa shape index (κ1) is 15.2. The van der Waals surface area contributed by atoms with Crippen molar-refractivity contribution < 1.29 is 14.2 Å². The van der Waals surface area contributed by atoms with E-state index in [0.29, 0.717) is 6.61 Å². The van der Waals surface area contributed by atoms with Crippen molar-refractivity contribution in [2.45, 2.75) is 6.54 Å². The highest BCUT2D eigenvalue weighted by atomic mass is 16.5. The van der Waals surface area contributed by atoms with Crippen LogP contribution >= 0.6 is 0 Å². The first-order chi connectivity index (χ1) is 10.3. The fourth-order valence-electron chi connectivity index (χ4n) is 1.95. The summed E-state index contributed by atoms with van der Waals surface area (Å²) < 4.78 is 16.0. The van der Waals surface area contributed by atoms with Gasteiger partial charge in [0, 0.05) is 19.2 Å². The molecular formula is C17H21NO3. The van der Waals surface area contributed by atoms with Crippen LogP contribution in [-0.4, -0.2) is 27.4 Å². The molecule has 0 aliphatic carbocycles. The van der Waals surface area contributed by atoms with Gasteiger partial charge < -0.3 is 19.5 Å². The van der Waals surface area contributed by atoms with E-state index >= 15 is 0 Å².